The highest BCUT2D eigenvalue weighted by Crippen LogP contribution is 2.31. The molecular formula is C12H11ClN2O3. The molecule has 94 valence electrons. The van der Waals surface area contributed by atoms with E-state index < -0.39 is 4.92 Å². The maximum atomic E-state index is 10.8. The van der Waals surface area contributed by atoms with Crippen LogP contribution in [0, 0.1) is 10.1 Å². The highest BCUT2D eigenvalue weighted by molar-refractivity contribution is 6.32. The molecule has 1 aromatic carbocycles. The largest absolute Gasteiger partial charge is 0.459 e. The van der Waals surface area contributed by atoms with Gasteiger partial charge in [-0.05, 0) is 31.2 Å². The summed E-state index contributed by atoms with van der Waals surface area (Å²) < 4.78 is 5.52. The Morgan fingerprint density at radius 1 is 1.39 bits per heavy atom. The van der Waals surface area contributed by atoms with Crippen LogP contribution in [0.15, 0.2) is 34.7 Å². The number of nitrogens with zero attached hydrogens (tertiary/aromatic N) is 1. The van der Waals surface area contributed by atoms with E-state index in [0.29, 0.717) is 17.1 Å². The maximum absolute atomic E-state index is 10.8. The van der Waals surface area contributed by atoms with Crippen molar-refractivity contribution in [2.45, 2.75) is 13.0 Å². The summed E-state index contributed by atoms with van der Waals surface area (Å²) >= 11 is 5.74. The molecule has 0 aliphatic rings. The molecule has 0 spiro atoms. The normalized spacial score (nSPS) is 12.4. The van der Waals surface area contributed by atoms with Crippen LogP contribution in [0.2, 0.25) is 5.02 Å². The minimum Gasteiger partial charge on any atom is -0.459 e. The van der Waals surface area contributed by atoms with Crippen LogP contribution in [0.5, 0.6) is 0 Å². The highest BCUT2D eigenvalue weighted by atomic mass is 35.5. The average molecular weight is 267 g/mol. The van der Waals surface area contributed by atoms with Gasteiger partial charge < -0.3 is 10.2 Å². The molecule has 5 nitrogen and oxygen atoms in total. The number of nitrogens with two attached hydrogens (primary N) is 1. The van der Waals surface area contributed by atoms with Gasteiger partial charge >= 0.3 is 0 Å². The number of nitro groups is 1. The van der Waals surface area contributed by atoms with E-state index in [1.54, 1.807) is 25.1 Å². The second kappa shape index (κ2) is 4.80. The molecule has 6 heteroatoms. The van der Waals surface area contributed by atoms with E-state index in [9.17, 15) is 10.1 Å². The SMILES string of the molecule is CC(N)c1ccc(-c2ccc(Cl)c([N+](=O)[O-])c2)o1. The monoisotopic (exact) mass is 266 g/mol. The van der Waals surface area contributed by atoms with Crippen molar-refractivity contribution < 1.29 is 9.34 Å². The second-order valence-electron chi connectivity index (χ2n) is 3.91. The molecule has 0 saturated heterocycles. The van der Waals surface area contributed by atoms with Gasteiger partial charge in [0.25, 0.3) is 5.69 Å². The van der Waals surface area contributed by atoms with Crippen LogP contribution < -0.4 is 5.73 Å². The molecule has 18 heavy (non-hydrogen) atoms. The van der Waals surface area contributed by atoms with Gasteiger partial charge in [-0.1, -0.05) is 11.6 Å². The van der Waals surface area contributed by atoms with Gasteiger partial charge in [0.15, 0.2) is 0 Å². The Bertz CT molecular complexity index is 593. The van der Waals surface area contributed by atoms with E-state index in [0.717, 1.165) is 0 Å². The molecule has 0 aliphatic carbocycles. The number of hydrogen-bond acceptors (Lipinski definition) is 4. The van der Waals surface area contributed by atoms with Crippen LogP contribution in [0.25, 0.3) is 11.3 Å². The summed E-state index contributed by atoms with van der Waals surface area (Å²) in [5, 5.41) is 10.9. The molecule has 0 bridgehead atoms. The molecule has 0 fully saturated rings. The molecule has 0 amide bonds. The minimum absolute atomic E-state index is 0.0997. The van der Waals surface area contributed by atoms with E-state index in [1.807, 2.05) is 0 Å². The second-order valence-corrected chi connectivity index (χ2v) is 4.32. The first kappa shape index (κ1) is 12.6. The van der Waals surface area contributed by atoms with Crippen LogP contribution in [0.1, 0.15) is 18.7 Å². The van der Waals surface area contributed by atoms with Gasteiger partial charge in [-0.3, -0.25) is 10.1 Å². The van der Waals surface area contributed by atoms with Crippen LogP contribution in [-0.4, -0.2) is 4.92 Å². The van der Waals surface area contributed by atoms with E-state index in [1.165, 1.54) is 12.1 Å². The third-order valence-electron chi connectivity index (χ3n) is 2.50. The number of hydrogen-bond donors (Lipinski definition) is 1. The summed E-state index contributed by atoms with van der Waals surface area (Å²) in [4.78, 5) is 10.3. The van der Waals surface area contributed by atoms with Gasteiger partial charge in [0.05, 0.1) is 11.0 Å². The van der Waals surface area contributed by atoms with Crippen molar-refractivity contribution in [2.75, 3.05) is 0 Å². The van der Waals surface area contributed by atoms with E-state index in [2.05, 4.69) is 0 Å². The van der Waals surface area contributed by atoms with Crippen molar-refractivity contribution in [2.24, 2.45) is 5.73 Å². The summed E-state index contributed by atoms with van der Waals surface area (Å²) in [6.45, 7) is 1.80. The van der Waals surface area contributed by atoms with Gasteiger partial charge in [0.1, 0.15) is 16.5 Å². The summed E-state index contributed by atoms with van der Waals surface area (Å²) in [5.74, 6) is 1.16. The summed E-state index contributed by atoms with van der Waals surface area (Å²) in [6, 6.07) is 7.78. The number of benzene rings is 1. The van der Waals surface area contributed by atoms with Gasteiger partial charge in [0.2, 0.25) is 0 Å². The zero-order valence-corrected chi connectivity index (χ0v) is 10.3. The first-order chi connectivity index (χ1) is 8.49. The Labute approximate surface area is 108 Å². The summed E-state index contributed by atoms with van der Waals surface area (Å²) in [5.41, 5.74) is 6.13. The fraction of sp³-hybridized carbons (Fsp3) is 0.167. The minimum atomic E-state index is -0.527. The lowest BCUT2D eigenvalue weighted by molar-refractivity contribution is -0.384. The molecule has 0 saturated carbocycles. The third-order valence-corrected chi connectivity index (χ3v) is 2.82. The van der Waals surface area contributed by atoms with Crippen LogP contribution in [0.4, 0.5) is 5.69 Å². The van der Waals surface area contributed by atoms with E-state index >= 15 is 0 Å². The van der Waals surface area contributed by atoms with Crippen LogP contribution in [-0.2, 0) is 0 Å². The molecule has 1 unspecified atom stereocenters. The highest BCUT2D eigenvalue weighted by Gasteiger charge is 2.15. The maximum Gasteiger partial charge on any atom is 0.288 e. The predicted molar refractivity (Wildman–Crippen MR) is 68.4 cm³/mol. The lowest BCUT2D eigenvalue weighted by Crippen LogP contribution is -2.02. The molecule has 0 radical (unpaired) electrons. The predicted octanol–water partition coefficient (Wildman–Crippen LogP) is 3.53. The van der Waals surface area contributed by atoms with Crippen molar-refractivity contribution in [3.63, 3.8) is 0 Å². The average Bonchev–Trinajstić information content (AvgIpc) is 2.78. The molecule has 2 rings (SSSR count). The Morgan fingerprint density at radius 3 is 2.67 bits per heavy atom. The molecule has 1 heterocycles. The molecule has 2 N–H and O–H groups in total. The lowest BCUT2D eigenvalue weighted by Gasteiger charge is -2.01. The zero-order valence-electron chi connectivity index (χ0n) is 9.59. The number of rotatable bonds is 3. The molecule has 2 aromatic rings. The van der Waals surface area contributed by atoms with E-state index in [-0.39, 0.29) is 16.8 Å². The van der Waals surface area contributed by atoms with Crippen molar-refractivity contribution >= 4 is 17.3 Å². The fourth-order valence-electron chi connectivity index (χ4n) is 1.56. The molecular weight excluding hydrogens is 256 g/mol. The Morgan fingerprint density at radius 2 is 2.11 bits per heavy atom. The topological polar surface area (TPSA) is 82.3 Å². The van der Waals surface area contributed by atoms with Crippen molar-refractivity contribution in [3.8, 4) is 11.3 Å². The van der Waals surface area contributed by atoms with Crippen LogP contribution in [0.3, 0.4) is 0 Å². The van der Waals surface area contributed by atoms with Gasteiger partial charge in [-0.2, -0.15) is 0 Å². The van der Waals surface area contributed by atoms with Gasteiger partial charge in [-0.15, -0.1) is 0 Å². The zero-order chi connectivity index (χ0) is 13.3. The number of furan rings is 1. The lowest BCUT2D eigenvalue weighted by atomic mass is 10.1. The molecule has 1 aromatic heterocycles. The van der Waals surface area contributed by atoms with Crippen molar-refractivity contribution in [3.05, 3.63) is 51.2 Å². The Hall–Kier alpha value is -1.85. The Kier molecular flexibility index (Phi) is 3.36. The van der Waals surface area contributed by atoms with Gasteiger partial charge in [-0.25, -0.2) is 0 Å². The standard InChI is InChI=1S/C12H11ClN2O3/c1-7(14)11-4-5-12(18-11)8-2-3-9(13)10(6-8)15(16)17/h2-7H,14H2,1H3. The van der Waals surface area contributed by atoms with Crippen molar-refractivity contribution in [1.29, 1.82) is 0 Å². The quantitative estimate of drug-likeness (QED) is 0.680. The fourth-order valence-corrected chi connectivity index (χ4v) is 1.75. The third kappa shape index (κ3) is 2.37. The number of halogens is 1. The molecule has 1 atom stereocenters. The molecule has 0 aliphatic heterocycles. The number of nitro benzene ring substituents is 1. The van der Waals surface area contributed by atoms with Crippen LogP contribution >= 0.6 is 11.6 Å². The first-order valence-electron chi connectivity index (χ1n) is 5.28. The van der Waals surface area contributed by atoms with Gasteiger partial charge in [0, 0.05) is 11.6 Å². The Balaban J connectivity index is 2.44. The first-order valence-corrected chi connectivity index (χ1v) is 5.66. The summed E-state index contributed by atoms with van der Waals surface area (Å²) in [7, 11) is 0. The smallest absolute Gasteiger partial charge is 0.288 e. The van der Waals surface area contributed by atoms with Crippen molar-refractivity contribution in [1.82, 2.24) is 0 Å². The van der Waals surface area contributed by atoms with E-state index in [4.69, 9.17) is 21.8 Å². The summed E-state index contributed by atoms with van der Waals surface area (Å²) in [6.07, 6.45) is 0.